The smallest absolute Gasteiger partial charge is 0.206 e. The molecule has 0 atom stereocenters. The fourth-order valence-electron chi connectivity index (χ4n) is 4.00. The molecular formula is C28H19F7. The lowest BCUT2D eigenvalue weighted by molar-refractivity contribution is -0.142. The van der Waals surface area contributed by atoms with Gasteiger partial charge in [0, 0.05) is 11.1 Å². The SMILES string of the molecule is CCCc1ccc(-c2ccc(-c3ccc(-c4cc(F)c(C(F)(F)F)c(F)c4)c(F)c3)c(F)c2)cc1. The minimum absolute atomic E-state index is 0.103. The maximum atomic E-state index is 14.9. The van der Waals surface area contributed by atoms with Crippen LogP contribution in [-0.2, 0) is 12.6 Å². The second kappa shape index (κ2) is 9.56. The van der Waals surface area contributed by atoms with E-state index in [9.17, 15) is 30.7 Å². The Hall–Kier alpha value is -3.61. The van der Waals surface area contributed by atoms with Crippen molar-refractivity contribution in [2.45, 2.75) is 25.9 Å². The summed E-state index contributed by atoms with van der Waals surface area (Å²) in [5, 5.41) is 0. The molecule has 0 aromatic heterocycles. The van der Waals surface area contributed by atoms with E-state index in [0.717, 1.165) is 30.5 Å². The molecule has 0 saturated heterocycles. The van der Waals surface area contributed by atoms with Gasteiger partial charge >= 0.3 is 6.18 Å². The largest absolute Gasteiger partial charge is 0.422 e. The molecule has 0 saturated carbocycles. The Morgan fingerprint density at radius 3 is 1.51 bits per heavy atom. The van der Waals surface area contributed by atoms with Crippen molar-refractivity contribution in [2.24, 2.45) is 0 Å². The van der Waals surface area contributed by atoms with Gasteiger partial charge in [-0.05, 0) is 58.5 Å². The summed E-state index contributed by atoms with van der Waals surface area (Å²) >= 11 is 0. The van der Waals surface area contributed by atoms with Gasteiger partial charge in [0.25, 0.3) is 0 Å². The zero-order chi connectivity index (χ0) is 25.3. The van der Waals surface area contributed by atoms with E-state index in [1.165, 1.54) is 23.8 Å². The zero-order valence-corrected chi connectivity index (χ0v) is 18.5. The van der Waals surface area contributed by atoms with E-state index >= 15 is 0 Å². The maximum Gasteiger partial charge on any atom is 0.422 e. The van der Waals surface area contributed by atoms with Gasteiger partial charge in [-0.1, -0.05) is 61.9 Å². The van der Waals surface area contributed by atoms with Crippen molar-refractivity contribution in [3.63, 3.8) is 0 Å². The first-order valence-corrected chi connectivity index (χ1v) is 10.8. The van der Waals surface area contributed by atoms with Gasteiger partial charge < -0.3 is 0 Å². The van der Waals surface area contributed by atoms with Crippen LogP contribution in [0.15, 0.2) is 72.8 Å². The van der Waals surface area contributed by atoms with Crippen LogP contribution >= 0.6 is 0 Å². The van der Waals surface area contributed by atoms with Crippen LogP contribution in [-0.4, -0.2) is 0 Å². The van der Waals surface area contributed by atoms with Gasteiger partial charge in [0.2, 0.25) is 0 Å². The maximum absolute atomic E-state index is 14.9. The molecule has 7 heteroatoms. The second-order valence-corrected chi connectivity index (χ2v) is 8.15. The fraction of sp³-hybridized carbons (Fsp3) is 0.143. The summed E-state index contributed by atoms with van der Waals surface area (Å²) in [4.78, 5) is 0. The average molecular weight is 488 g/mol. The summed E-state index contributed by atoms with van der Waals surface area (Å²) in [6, 6.07) is 16.6. The summed E-state index contributed by atoms with van der Waals surface area (Å²) in [5.41, 5.74) is 0.152. The summed E-state index contributed by atoms with van der Waals surface area (Å²) < 4.78 is 96.0. The summed E-state index contributed by atoms with van der Waals surface area (Å²) in [7, 11) is 0. The Balaban J connectivity index is 1.65. The third kappa shape index (κ3) is 5.09. The molecule has 0 amide bonds. The van der Waals surface area contributed by atoms with Crippen molar-refractivity contribution in [3.8, 4) is 33.4 Å². The highest BCUT2D eigenvalue weighted by Crippen LogP contribution is 2.37. The number of aryl methyl sites for hydroxylation is 1. The molecule has 0 heterocycles. The number of hydrogen-bond acceptors (Lipinski definition) is 0. The van der Waals surface area contributed by atoms with E-state index < -0.39 is 40.6 Å². The Morgan fingerprint density at radius 2 is 1.00 bits per heavy atom. The van der Waals surface area contributed by atoms with E-state index in [-0.39, 0.29) is 16.7 Å². The summed E-state index contributed by atoms with van der Waals surface area (Å²) in [6.45, 7) is 2.08. The number of rotatable bonds is 5. The molecule has 0 unspecified atom stereocenters. The Morgan fingerprint density at radius 1 is 0.543 bits per heavy atom. The Bertz CT molecular complexity index is 1350. The van der Waals surface area contributed by atoms with Crippen LogP contribution in [0, 0.1) is 23.3 Å². The standard InChI is InChI=1S/C28H19F7/c1-2-3-16-4-6-17(7-5-16)18-8-10-21(23(29)12-18)19-9-11-22(24(30)13-19)20-14-25(31)27(26(32)15-20)28(33,34)35/h4-15H,2-3H2,1H3. The number of halogens is 7. The molecular weight excluding hydrogens is 469 g/mol. The molecule has 0 fully saturated rings. The molecule has 4 rings (SSSR count). The van der Waals surface area contributed by atoms with Gasteiger partial charge in [-0.15, -0.1) is 0 Å². The van der Waals surface area contributed by atoms with Crippen LogP contribution in [0.3, 0.4) is 0 Å². The van der Waals surface area contributed by atoms with Gasteiger partial charge in [0.05, 0.1) is 0 Å². The molecule has 0 aliphatic carbocycles. The van der Waals surface area contributed by atoms with Crippen LogP contribution in [0.1, 0.15) is 24.5 Å². The lowest BCUT2D eigenvalue weighted by Crippen LogP contribution is -2.11. The van der Waals surface area contributed by atoms with E-state index in [0.29, 0.717) is 17.7 Å². The quantitative estimate of drug-likeness (QED) is 0.246. The molecule has 0 aliphatic heterocycles. The van der Waals surface area contributed by atoms with Crippen molar-refractivity contribution < 1.29 is 30.7 Å². The molecule has 0 nitrogen and oxygen atoms in total. The third-order valence-electron chi connectivity index (χ3n) is 5.71. The molecule has 0 N–H and O–H groups in total. The van der Waals surface area contributed by atoms with Gasteiger partial charge in [-0.3, -0.25) is 0 Å². The van der Waals surface area contributed by atoms with Gasteiger partial charge in [-0.25, -0.2) is 17.6 Å². The highest BCUT2D eigenvalue weighted by molar-refractivity contribution is 5.74. The first-order valence-electron chi connectivity index (χ1n) is 10.8. The number of hydrogen-bond donors (Lipinski definition) is 0. The van der Waals surface area contributed by atoms with Crippen molar-refractivity contribution in [1.29, 1.82) is 0 Å². The molecule has 0 aliphatic rings. The van der Waals surface area contributed by atoms with Gasteiger partial charge in [0.1, 0.15) is 28.8 Å². The molecule has 35 heavy (non-hydrogen) atoms. The first-order chi connectivity index (χ1) is 16.6. The second-order valence-electron chi connectivity index (χ2n) is 8.15. The van der Waals surface area contributed by atoms with E-state index in [4.69, 9.17) is 0 Å². The van der Waals surface area contributed by atoms with Gasteiger partial charge in [0.15, 0.2) is 0 Å². The minimum atomic E-state index is -5.23. The lowest BCUT2D eigenvalue weighted by atomic mass is 9.96. The van der Waals surface area contributed by atoms with E-state index in [1.807, 2.05) is 24.3 Å². The van der Waals surface area contributed by atoms with Crippen LogP contribution in [0.4, 0.5) is 30.7 Å². The Labute approximate surface area is 197 Å². The molecule has 0 spiro atoms. The summed E-state index contributed by atoms with van der Waals surface area (Å²) in [5.74, 6) is -5.25. The topological polar surface area (TPSA) is 0 Å². The molecule has 0 bridgehead atoms. The zero-order valence-electron chi connectivity index (χ0n) is 18.5. The Kier molecular flexibility index (Phi) is 6.70. The van der Waals surface area contributed by atoms with Crippen molar-refractivity contribution in [2.75, 3.05) is 0 Å². The summed E-state index contributed by atoms with van der Waals surface area (Å²) in [6.07, 6.45) is -3.27. The molecule has 4 aromatic rings. The normalized spacial score (nSPS) is 11.7. The predicted octanol–water partition coefficient (Wildman–Crippen LogP) is 9.22. The average Bonchev–Trinajstić information content (AvgIpc) is 2.78. The molecule has 4 aromatic carbocycles. The lowest BCUT2D eigenvalue weighted by Gasteiger charge is -2.13. The number of benzene rings is 4. The van der Waals surface area contributed by atoms with Gasteiger partial charge in [-0.2, -0.15) is 13.2 Å². The van der Waals surface area contributed by atoms with Crippen molar-refractivity contribution in [3.05, 3.63) is 107 Å². The van der Waals surface area contributed by atoms with Crippen LogP contribution in [0.5, 0.6) is 0 Å². The van der Waals surface area contributed by atoms with E-state index in [2.05, 4.69) is 6.92 Å². The highest BCUT2D eigenvalue weighted by atomic mass is 19.4. The molecule has 0 radical (unpaired) electrons. The minimum Gasteiger partial charge on any atom is -0.206 e. The molecule has 180 valence electrons. The van der Waals surface area contributed by atoms with Crippen LogP contribution in [0.25, 0.3) is 33.4 Å². The van der Waals surface area contributed by atoms with E-state index in [1.54, 1.807) is 6.07 Å². The first kappa shape index (κ1) is 24.5. The van der Waals surface area contributed by atoms with Crippen molar-refractivity contribution >= 4 is 0 Å². The van der Waals surface area contributed by atoms with Crippen LogP contribution < -0.4 is 0 Å². The van der Waals surface area contributed by atoms with Crippen LogP contribution in [0.2, 0.25) is 0 Å². The number of alkyl halides is 3. The third-order valence-corrected chi connectivity index (χ3v) is 5.71. The predicted molar refractivity (Wildman–Crippen MR) is 122 cm³/mol. The highest BCUT2D eigenvalue weighted by Gasteiger charge is 2.38. The fourth-order valence-corrected chi connectivity index (χ4v) is 4.00. The van der Waals surface area contributed by atoms with Crippen molar-refractivity contribution in [1.82, 2.24) is 0 Å². The monoisotopic (exact) mass is 488 g/mol.